The second-order valence-corrected chi connectivity index (χ2v) is 4.42. The lowest BCUT2D eigenvalue weighted by Gasteiger charge is -2.13. The van der Waals surface area contributed by atoms with E-state index in [1.807, 2.05) is 37.4 Å². The monoisotopic (exact) mass is 256 g/mol. The summed E-state index contributed by atoms with van der Waals surface area (Å²) < 4.78 is 1.77. The number of benzene rings is 1. The quantitative estimate of drug-likeness (QED) is 0.876. The van der Waals surface area contributed by atoms with Crippen molar-refractivity contribution in [1.82, 2.24) is 25.0 Å². The van der Waals surface area contributed by atoms with E-state index in [-0.39, 0.29) is 0 Å². The van der Waals surface area contributed by atoms with Crippen LogP contribution in [0, 0.1) is 0 Å². The maximum atomic E-state index is 4.44. The van der Waals surface area contributed by atoms with Gasteiger partial charge in [-0.25, -0.2) is 9.67 Å². The summed E-state index contributed by atoms with van der Waals surface area (Å²) >= 11 is 0. The van der Waals surface area contributed by atoms with Crippen molar-refractivity contribution in [3.05, 3.63) is 42.5 Å². The maximum absolute atomic E-state index is 4.44. The number of likely N-dealkylation sites (N-methyl/N-ethyl adjacent to an activating group) is 1. The number of hydrogen-bond acceptors (Lipinski definition) is 5. The van der Waals surface area contributed by atoms with Crippen LogP contribution in [0.5, 0.6) is 0 Å². The molecule has 0 bridgehead atoms. The average Bonchev–Trinajstić information content (AvgIpc) is 3.06. The van der Waals surface area contributed by atoms with E-state index < -0.39 is 0 Å². The van der Waals surface area contributed by atoms with Gasteiger partial charge in [-0.05, 0) is 12.1 Å². The van der Waals surface area contributed by atoms with Crippen LogP contribution in [0.25, 0.3) is 5.69 Å². The third-order valence-corrected chi connectivity index (χ3v) is 3.02. The van der Waals surface area contributed by atoms with Gasteiger partial charge in [0.05, 0.1) is 18.8 Å². The lowest BCUT2D eigenvalue weighted by Crippen LogP contribution is -2.35. The van der Waals surface area contributed by atoms with E-state index in [0.29, 0.717) is 6.54 Å². The molecule has 0 spiro atoms. The number of nitrogens with one attached hydrogen (secondary N) is 1. The highest BCUT2D eigenvalue weighted by Crippen LogP contribution is 2.04. The molecule has 6 nitrogen and oxygen atoms in total. The fraction of sp³-hybridized carbons (Fsp3) is 0.308. The molecule has 98 valence electrons. The minimum Gasteiger partial charge on any atom is -0.349 e. The predicted octanol–water partition coefficient (Wildman–Crippen LogP) is 0.658. The minimum absolute atomic E-state index is 0.586. The van der Waals surface area contributed by atoms with Crippen molar-refractivity contribution in [2.75, 3.05) is 20.1 Å². The molecule has 0 saturated heterocycles. The van der Waals surface area contributed by atoms with E-state index >= 15 is 0 Å². The number of guanidine groups is 1. The van der Waals surface area contributed by atoms with Gasteiger partial charge in [-0.3, -0.25) is 4.99 Å². The van der Waals surface area contributed by atoms with E-state index in [2.05, 4.69) is 25.3 Å². The highest BCUT2D eigenvalue weighted by molar-refractivity contribution is 5.81. The third-order valence-electron chi connectivity index (χ3n) is 3.02. The largest absolute Gasteiger partial charge is 0.349 e. The highest BCUT2D eigenvalue weighted by Gasteiger charge is 2.12. The number of para-hydroxylation sites is 1. The zero-order valence-electron chi connectivity index (χ0n) is 10.8. The van der Waals surface area contributed by atoms with Gasteiger partial charge >= 0.3 is 0 Å². The number of aromatic nitrogens is 3. The minimum atomic E-state index is 0.586. The van der Waals surface area contributed by atoms with E-state index in [9.17, 15) is 0 Å². The van der Waals surface area contributed by atoms with Gasteiger partial charge in [0, 0.05) is 13.6 Å². The van der Waals surface area contributed by atoms with Crippen LogP contribution in [0.4, 0.5) is 0 Å². The van der Waals surface area contributed by atoms with Gasteiger partial charge in [0.15, 0.2) is 11.8 Å². The number of nitrogens with zero attached hydrogens (tertiary/aromatic N) is 5. The Morgan fingerprint density at radius 2 is 2.11 bits per heavy atom. The molecule has 0 amide bonds. The van der Waals surface area contributed by atoms with Crippen LogP contribution >= 0.6 is 0 Å². The molecule has 6 heteroatoms. The lowest BCUT2D eigenvalue weighted by molar-refractivity contribution is 0.532. The first kappa shape index (κ1) is 11.7. The van der Waals surface area contributed by atoms with Crippen molar-refractivity contribution >= 4 is 5.96 Å². The number of aliphatic imine (C=N–C) groups is 1. The first-order chi connectivity index (χ1) is 9.33. The second kappa shape index (κ2) is 5.09. The van der Waals surface area contributed by atoms with Gasteiger partial charge in [0.1, 0.15) is 6.33 Å². The third kappa shape index (κ3) is 2.57. The van der Waals surface area contributed by atoms with Crippen molar-refractivity contribution < 1.29 is 0 Å². The van der Waals surface area contributed by atoms with Gasteiger partial charge in [-0.2, -0.15) is 0 Å². The van der Waals surface area contributed by atoms with E-state index in [4.69, 9.17) is 0 Å². The van der Waals surface area contributed by atoms with Gasteiger partial charge < -0.3 is 10.2 Å². The van der Waals surface area contributed by atoms with Crippen LogP contribution in [0.15, 0.2) is 41.7 Å². The van der Waals surface area contributed by atoms with Gasteiger partial charge in [0.2, 0.25) is 0 Å². The van der Waals surface area contributed by atoms with Crippen molar-refractivity contribution in [3.8, 4) is 5.69 Å². The molecule has 3 rings (SSSR count). The van der Waals surface area contributed by atoms with Crippen molar-refractivity contribution in [2.45, 2.75) is 6.54 Å². The van der Waals surface area contributed by atoms with Crippen LogP contribution in [-0.4, -0.2) is 45.8 Å². The first-order valence-electron chi connectivity index (χ1n) is 6.28. The molecule has 0 saturated carbocycles. The highest BCUT2D eigenvalue weighted by atomic mass is 15.4. The van der Waals surface area contributed by atoms with Gasteiger partial charge in [-0.15, -0.1) is 5.10 Å². The fourth-order valence-electron chi connectivity index (χ4n) is 1.96. The van der Waals surface area contributed by atoms with E-state index in [1.165, 1.54) is 0 Å². The van der Waals surface area contributed by atoms with Crippen LogP contribution in [0.3, 0.4) is 0 Å². The molecule has 2 heterocycles. The molecule has 1 N–H and O–H groups in total. The number of rotatable bonds is 3. The summed E-state index contributed by atoms with van der Waals surface area (Å²) in [5.41, 5.74) is 1.01. The molecule has 0 atom stereocenters. The summed E-state index contributed by atoms with van der Waals surface area (Å²) in [6, 6.07) is 9.95. The molecular formula is C13H16N6. The van der Waals surface area contributed by atoms with Crippen LogP contribution in [-0.2, 0) is 6.54 Å². The molecule has 0 fully saturated rings. The molecule has 1 aliphatic heterocycles. The molecule has 2 aromatic rings. The summed E-state index contributed by atoms with van der Waals surface area (Å²) in [4.78, 5) is 10.8. The summed E-state index contributed by atoms with van der Waals surface area (Å²) in [5, 5.41) is 7.69. The topological polar surface area (TPSA) is 58.3 Å². The second-order valence-electron chi connectivity index (χ2n) is 4.42. The van der Waals surface area contributed by atoms with Gasteiger partial charge in [0.25, 0.3) is 0 Å². The molecule has 1 aromatic carbocycles. The van der Waals surface area contributed by atoms with Gasteiger partial charge in [-0.1, -0.05) is 18.2 Å². The molecule has 19 heavy (non-hydrogen) atoms. The molecule has 0 unspecified atom stereocenters. The fourth-order valence-corrected chi connectivity index (χ4v) is 1.96. The van der Waals surface area contributed by atoms with E-state index in [1.54, 1.807) is 11.0 Å². The lowest BCUT2D eigenvalue weighted by atomic mass is 10.3. The zero-order valence-corrected chi connectivity index (χ0v) is 10.8. The van der Waals surface area contributed by atoms with Crippen LogP contribution in [0.1, 0.15) is 5.82 Å². The SMILES string of the molecule is CN1CCN=C1NCc1ncn(-c2ccccc2)n1. The standard InChI is InChI=1S/C13H16N6/c1-18-8-7-14-13(18)15-9-12-16-10-19(17-12)11-5-3-2-4-6-11/h2-6,10H,7-9H2,1H3,(H,14,15). The summed E-state index contributed by atoms with van der Waals surface area (Å²) in [5.74, 6) is 1.67. The summed E-state index contributed by atoms with van der Waals surface area (Å²) in [7, 11) is 2.02. The zero-order chi connectivity index (χ0) is 13.1. The Labute approximate surface area is 111 Å². The Balaban J connectivity index is 1.66. The Kier molecular flexibility index (Phi) is 3.14. The molecule has 1 aromatic heterocycles. The summed E-state index contributed by atoms with van der Waals surface area (Å²) in [6.07, 6.45) is 1.73. The Hall–Kier alpha value is -2.37. The normalized spacial score (nSPS) is 14.6. The summed E-state index contributed by atoms with van der Waals surface area (Å²) in [6.45, 7) is 2.40. The van der Waals surface area contributed by atoms with Crippen molar-refractivity contribution in [1.29, 1.82) is 0 Å². The molecular weight excluding hydrogens is 240 g/mol. The number of hydrogen-bond donors (Lipinski definition) is 1. The smallest absolute Gasteiger partial charge is 0.194 e. The average molecular weight is 256 g/mol. The maximum Gasteiger partial charge on any atom is 0.194 e. The van der Waals surface area contributed by atoms with Crippen LogP contribution < -0.4 is 5.32 Å². The van der Waals surface area contributed by atoms with E-state index in [0.717, 1.165) is 30.6 Å². The van der Waals surface area contributed by atoms with Crippen molar-refractivity contribution in [3.63, 3.8) is 0 Å². The Morgan fingerprint density at radius 1 is 1.26 bits per heavy atom. The molecule has 1 aliphatic rings. The van der Waals surface area contributed by atoms with Crippen LogP contribution in [0.2, 0.25) is 0 Å². The van der Waals surface area contributed by atoms with Crippen molar-refractivity contribution in [2.24, 2.45) is 4.99 Å². The first-order valence-corrected chi connectivity index (χ1v) is 6.28. The molecule has 0 aliphatic carbocycles. The predicted molar refractivity (Wildman–Crippen MR) is 73.1 cm³/mol. The Bertz CT molecular complexity index is 574. The Morgan fingerprint density at radius 3 is 2.84 bits per heavy atom. The molecule has 0 radical (unpaired) electrons.